The fourth-order valence-corrected chi connectivity index (χ4v) is 2.64. The number of hydrogen-bond acceptors (Lipinski definition) is 2. The monoisotopic (exact) mass is 378 g/mol. The van der Waals surface area contributed by atoms with Crippen LogP contribution in [0.1, 0.15) is 17.2 Å². The van der Waals surface area contributed by atoms with E-state index in [1.165, 1.54) is 18.2 Å². The average molecular weight is 380 g/mol. The smallest absolute Gasteiger partial charge is 0.141 e. The molecule has 0 saturated carbocycles. The zero-order chi connectivity index (χ0) is 15.6. The van der Waals surface area contributed by atoms with Gasteiger partial charge in [0.2, 0.25) is 0 Å². The predicted octanol–water partition coefficient (Wildman–Crippen LogP) is 4.27. The van der Waals surface area contributed by atoms with Crippen molar-refractivity contribution in [1.29, 1.82) is 0 Å². The van der Waals surface area contributed by atoms with Crippen LogP contribution < -0.4 is 11.3 Å². The second kappa shape index (κ2) is 6.79. The Bertz CT molecular complexity index is 644. The van der Waals surface area contributed by atoms with E-state index in [9.17, 15) is 13.2 Å². The lowest BCUT2D eigenvalue weighted by Crippen LogP contribution is -2.31. The summed E-state index contributed by atoms with van der Waals surface area (Å²) in [5, 5.41) is -0.0555. The summed E-state index contributed by atoms with van der Waals surface area (Å²) in [6.45, 7) is 0. The number of halogens is 5. The van der Waals surface area contributed by atoms with Crippen molar-refractivity contribution in [1.82, 2.24) is 5.43 Å². The molecule has 1 unspecified atom stereocenters. The molecule has 3 N–H and O–H groups in total. The first-order valence-corrected chi connectivity index (χ1v) is 7.14. The van der Waals surface area contributed by atoms with Gasteiger partial charge in [0.15, 0.2) is 0 Å². The molecule has 7 heteroatoms. The van der Waals surface area contributed by atoms with E-state index in [1.54, 1.807) is 0 Å². The Hall–Kier alpha value is -1.08. The summed E-state index contributed by atoms with van der Waals surface area (Å²) in [6, 6.07) is 5.58. The quantitative estimate of drug-likeness (QED) is 0.615. The third kappa shape index (κ3) is 3.77. The Morgan fingerprint density at radius 1 is 1.10 bits per heavy atom. The number of nitrogens with one attached hydrogen (secondary N) is 1. The van der Waals surface area contributed by atoms with Crippen LogP contribution in [0.15, 0.2) is 34.8 Å². The summed E-state index contributed by atoms with van der Waals surface area (Å²) in [6.07, 6.45) is 0.159. The molecule has 21 heavy (non-hydrogen) atoms. The fourth-order valence-electron chi connectivity index (χ4n) is 2.03. The zero-order valence-electron chi connectivity index (χ0n) is 10.6. The van der Waals surface area contributed by atoms with Crippen molar-refractivity contribution >= 4 is 27.5 Å². The molecule has 1 atom stereocenters. The van der Waals surface area contributed by atoms with Gasteiger partial charge in [-0.1, -0.05) is 33.6 Å². The van der Waals surface area contributed by atoms with Crippen molar-refractivity contribution in [2.24, 2.45) is 5.84 Å². The van der Waals surface area contributed by atoms with Crippen LogP contribution in [0.25, 0.3) is 0 Å². The maximum atomic E-state index is 13.9. The summed E-state index contributed by atoms with van der Waals surface area (Å²) in [5.74, 6) is 3.39. The topological polar surface area (TPSA) is 38.0 Å². The number of nitrogens with two attached hydrogens (primary N) is 1. The van der Waals surface area contributed by atoms with E-state index in [2.05, 4.69) is 21.4 Å². The Morgan fingerprint density at radius 2 is 1.71 bits per heavy atom. The summed E-state index contributed by atoms with van der Waals surface area (Å²) in [4.78, 5) is 0. The molecule has 2 aromatic carbocycles. The minimum atomic E-state index is -0.806. The molecule has 0 aromatic heterocycles. The molecular weight excluding hydrogens is 369 g/mol. The van der Waals surface area contributed by atoms with E-state index >= 15 is 0 Å². The molecular formula is C14H11BrClF3N2. The van der Waals surface area contributed by atoms with Gasteiger partial charge in [-0.05, 0) is 36.2 Å². The van der Waals surface area contributed by atoms with Gasteiger partial charge in [0, 0.05) is 10.0 Å². The van der Waals surface area contributed by atoms with Crippen molar-refractivity contribution in [3.05, 3.63) is 68.4 Å². The Balaban J connectivity index is 2.34. The lowest BCUT2D eigenvalue weighted by Gasteiger charge is -2.18. The molecule has 0 spiro atoms. The molecule has 0 aliphatic carbocycles. The van der Waals surface area contributed by atoms with E-state index in [4.69, 9.17) is 17.4 Å². The highest BCUT2D eigenvalue weighted by Crippen LogP contribution is 2.28. The first-order chi connectivity index (χ1) is 9.92. The molecule has 0 amide bonds. The standard InChI is InChI=1S/C14H11BrClF3N2/c15-8-5-11(18)14(12(19)6-8)13(21-20)4-7-1-2-10(17)9(16)3-7/h1-3,5-6,13,21H,4,20H2. The third-order valence-electron chi connectivity index (χ3n) is 3.02. The molecule has 0 heterocycles. The van der Waals surface area contributed by atoms with Gasteiger partial charge in [0.1, 0.15) is 17.5 Å². The average Bonchev–Trinajstić information content (AvgIpc) is 2.40. The van der Waals surface area contributed by atoms with Crippen molar-refractivity contribution < 1.29 is 13.2 Å². The Morgan fingerprint density at radius 3 is 2.24 bits per heavy atom. The molecule has 2 aromatic rings. The van der Waals surface area contributed by atoms with Crippen LogP contribution in [0, 0.1) is 17.5 Å². The molecule has 0 saturated heterocycles. The second-order valence-electron chi connectivity index (χ2n) is 4.45. The first-order valence-electron chi connectivity index (χ1n) is 5.97. The third-order valence-corrected chi connectivity index (χ3v) is 3.76. The van der Waals surface area contributed by atoms with Gasteiger partial charge in [-0.25, -0.2) is 13.2 Å². The zero-order valence-corrected chi connectivity index (χ0v) is 13.0. The minimum absolute atomic E-state index is 0.0555. The van der Waals surface area contributed by atoms with Crippen LogP contribution in [-0.2, 0) is 6.42 Å². The van der Waals surface area contributed by atoms with E-state index in [-0.39, 0.29) is 17.0 Å². The molecule has 112 valence electrons. The highest BCUT2D eigenvalue weighted by molar-refractivity contribution is 9.10. The molecule has 2 rings (SSSR count). The van der Waals surface area contributed by atoms with Gasteiger partial charge in [-0.15, -0.1) is 0 Å². The first kappa shape index (κ1) is 16.3. The number of benzene rings is 2. The molecule has 0 aliphatic heterocycles. The van der Waals surface area contributed by atoms with Crippen LogP contribution in [0.4, 0.5) is 13.2 Å². The molecule has 0 aliphatic rings. The lowest BCUT2D eigenvalue weighted by atomic mass is 9.98. The van der Waals surface area contributed by atoms with Gasteiger partial charge in [-0.2, -0.15) is 0 Å². The summed E-state index contributed by atoms with van der Waals surface area (Å²) in [7, 11) is 0. The SMILES string of the molecule is NNC(Cc1ccc(F)c(Cl)c1)c1c(F)cc(Br)cc1F. The fraction of sp³-hybridized carbons (Fsp3) is 0.143. The summed E-state index contributed by atoms with van der Waals surface area (Å²) in [5.41, 5.74) is 2.79. The predicted molar refractivity (Wildman–Crippen MR) is 79.2 cm³/mol. The van der Waals surface area contributed by atoms with Crippen molar-refractivity contribution in [2.45, 2.75) is 12.5 Å². The van der Waals surface area contributed by atoms with Crippen LogP contribution in [0.5, 0.6) is 0 Å². The molecule has 2 nitrogen and oxygen atoms in total. The lowest BCUT2D eigenvalue weighted by molar-refractivity contribution is 0.472. The van der Waals surface area contributed by atoms with Gasteiger partial charge < -0.3 is 0 Å². The highest BCUT2D eigenvalue weighted by Gasteiger charge is 2.20. The molecule has 0 fully saturated rings. The Labute approximate surface area is 133 Å². The van der Waals surface area contributed by atoms with Gasteiger partial charge >= 0.3 is 0 Å². The van der Waals surface area contributed by atoms with Crippen molar-refractivity contribution in [2.75, 3.05) is 0 Å². The van der Waals surface area contributed by atoms with Crippen LogP contribution in [-0.4, -0.2) is 0 Å². The molecule has 0 radical (unpaired) electrons. The minimum Gasteiger partial charge on any atom is -0.271 e. The summed E-state index contributed by atoms with van der Waals surface area (Å²) < 4.78 is 41.3. The van der Waals surface area contributed by atoms with Crippen molar-refractivity contribution in [3.8, 4) is 0 Å². The van der Waals surface area contributed by atoms with Crippen molar-refractivity contribution in [3.63, 3.8) is 0 Å². The van der Waals surface area contributed by atoms with Crippen LogP contribution >= 0.6 is 27.5 Å². The largest absolute Gasteiger partial charge is 0.271 e. The normalized spacial score (nSPS) is 12.5. The van der Waals surface area contributed by atoms with Crippen LogP contribution in [0.3, 0.4) is 0 Å². The summed E-state index contributed by atoms with van der Waals surface area (Å²) >= 11 is 8.70. The van der Waals surface area contributed by atoms with Crippen LogP contribution in [0.2, 0.25) is 5.02 Å². The maximum absolute atomic E-state index is 13.9. The van der Waals surface area contributed by atoms with E-state index < -0.39 is 23.5 Å². The van der Waals surface area contributed by atoms with E-state index in [1.807, 2.05) is 0 Å². The van der Waals surface area contributed by atoms with Gasteiger partial charge in [0.25, 0.3) is 0 Å². The van der Waals surface area contributed by atoms with E-state index in [0.717, 1.165) is 12.1 Å². The maximum Gasteiger partial charge on any atom is 0.141 e. The highest BCUT2D eigenvalue weighted by atomic mass is 79.9. The number of hydrazine groups is 1. The van der Waals surface area contributed by atoms with Gasteiger partial charge in [-0.3, -0.25) is 11.3 Å². The number of rotatable bonds is 4. The number of hydrogen-bond donors (Lipinski definition) is 2. The van der Waals surface area contributed by atoms with Gasteiger partial charge in [0.05, 0.1) is 11.1 Å². The second-order valence-corrected chi connectivity index (χ2v) is 5.78. The van der Waals surface area contributed by atoms with E-state index in [0.29, 0.717) is 10.0 Å². The Kier molecular flexibility index (Phi) is 5.27. The molecule has 0 bridgehead atoms.